The summed E-state index contributed by atoms with van der Waals surface area (Å²) in [5, 5.41) is 0. The number of carbonyl (C=O) groups excluding carboxylic acids is 2. The number of hydrogen-bond donors (Lipinski definition) is 1. The van der Waals surface area contributed by atoms with Crippen LogP contribution in [0, 0.1) is 0 Å². The SMILES string of the molecule is COC(=O)CCN(C)C(=O)c1ccc(C(N)=S)cc1. The second-order valence-electron chi connectivity index (χ2n) is 3.99. The van der Waals surface area contributed by atoms with Gasteiger partial charge in [0.05, 0.1) is 13.5 Å². The van der Waals surface area contributed by atoms with Crippen molar-refractivity contribution in [3.8, 4) is 0 Å². The van der Waals surface area contributed by atoms with E-state index in [-0.39, 0.29) is 23.3 Å². The number of nitrogens with zero attached hydrogens (tertiary/aromatic N) is 1. The Labute approximate surface area is 117 Å². The van der Waals surface area contributed by atoms with E-state index in [1.807, 2.05) is 0 Å². The van der Waals surface area contributed by atoms with Gasteiger partial charge in [0.25, 0.3) is 5.91 Å². The topological polar surface area (TPSA) is 72.6 Å². The molecule has 0 heterocycles. The molecule has 1 rings (SSSR count). The number of thiocarbonyl (C=S) groups is 1. The molecule has 2 N–H and O–H groups in total. The summed E-state index contributed by atoms with van der Waals surface area (Å²) in [5.74, 6) is -0.512. The van der Waals surface area contributed by atoms with Gasteiger partial charge in [0.15, 0.2) is 0 Å². The van der Waals surface area contributed by atoms with Crippen molar-refractivity contribution in [3.05, 3.63) is 35.4 Å². The van der Waals surface area contributed by atoms with Crippen LogP contribution in [-0.2, 0) is 9.53 Å². The van der Waals surface area contributed by atoms with Crippen LogP contribution in [0.1, 0.15) is 22.3 Å². The number of ether oxygens (including phenoxy) is 1. The van der Waals surface area contributed by atoms with Crippen LogP contribution in [-0.4, -0.2) is 42.5 Å². The molecule has 0 bridgehead atoms. The molecule has 102 valence electrons. The molecule has 19 heavy (non-hydrogen) atoms. The molecule has 6 heteroatoms. The van der Waals surface area contributed by atoms with Gasteiger partial charge in [-0.2, -0.15) is 0 Å². The van der Waals surface area contributed by atoms with Gasteiger partial charge in [-0.05, 0) is 12.1 Å². The molecule has 5 nitrogen and oxygen atoms in total. The van der Waals surface area contributed by atoms with Gasteiger partial charge in [0.1, 0.15) is 4.99 Å². The Kier molecular flexibility index (Phi) is 5.44. The molecule has 0 atom stereocenters. The van der Waals surface area contributed by atoms with E-state index in [0.29, 0.717) is 17.7 Å². The Bertz CT molecular complexity index is 485. The second-order valence-corrected chi connectivity index (χ2v) is 4.43. The predicted octanol–water partition coefficient (Wildman–Crippen LogP) is 0.956. The lowest BCUT2D eigenvalue weighted by molar-refractivity contribution is -0.140. The van der Waals surface area contributed by atoms with E-state index in [1.54, 1.807) is 31.3 Å². The Morgan fingerprint density at radius 3 is 2.26 bits per heavy atom. The third kappa shape index (κ3) is 4.33. The van der Waals surface area contributed by atoms with Crippen molar-refractivity contribution >= 4 is 29.1 Å². The van der Waals surface area contributed by atoms with Gasteiger partial charge < -0.3 is 15.4 Å². The van der Waals surface area contributed by atoms with Crippen molar-refractivity contribution in [2.75, 3.05) is 20.7 Å². The molecule has 0 radical (unpaired) electrons. The van der Waals surface area contributed by atoms with E-state index < -0.39 is 0 Å². The fraction of sp³-hybridized carbons (Fsp3) is 0.308. The van der Waals surface area contributed by atoms with E-state index in [1.165, 1.54) is 12.0 Å². The number of carbonyl (C=O) groups is 2. The van der Waals surface area contributed by atoms with Crippen LogP contribution in [0.2, 0.25) is 0 Å². The molecule has 0 unspecified atom stereocenters. The predicted molar refractivity (Wildman–Crippen MR) is 75.9 cm³/mol. The maximum absolute atomic E-state index is 12.0. The summed E-state index contributed by atoms with van der Waals surface area (Å²) < 4.78 is 4.52. The minimum Gasteiger partial charge on any atom is -0.469 e. The van der Waals surface area contributed by atoms with E-state index in [9.17, 15) is 9.59 Å². The smallest absolute Gasteiger partial charge is 0.307 e. The van der Waals surface area contributed by atoms with E-state index in [4.69, 9.17) is 18.0 Å². The van der Waals surface area contributed by atoms with Crippen molar-refractivity contribution in [3.63, 3.8) is 0 Å². The summed E-state index contributed by atoms with van der Waals surface area (Å²) >= 11 is 4.84. The van der Waals surface area contributed by atoms with Gasteiger partial charge in [-0.25, -0.2) is 0 Å². The summed E-state index contributed by atoms with van der Waals surface area (Å²) in [7, 11) is 2.95. The number of rotatable bonds is 5. The maximum atomic E-state index is 12.0. The number of nitrogens with two attached hydrogens (primary N) is 1. The second kappa shape index (κ2) is 6.84. The molecule has 0 aliphatic rings. The zero-order chi connectivity index (χ0) is 14.4. The maximum Gasteiger partial charge on any atom is 0.307 e. The highest BCUT2D eigenvalue weighted by Gasteiger charge is 2.13. The third-order valence-electron chi connectivity index (χ3n) is 2.64. The number of esters is 1. The molecule has 1 aromatic rings. The molecule has 1 aromatic carbocycles. The standard InChI is InChI=1S/C13H16N2O3S/c1-15(8-7-11(16)18-2)13(17)10-5-3-9(4-6-10)12(14)19/h3-6H,7-8H2,1-2H3,(H2,14,19). The molecule has 0 saturated heterocycles. The highest BCUT2D eigenvalue weighted by molar-refractivity contribution is 7.80. The monoisotopic (exact) mass is 280 g/mol. The summed E-state index contributed by atoms with van der Waals surface area (Å²) in [6.45, 7) is 0.308. The lowest BCUT2D eigenvalue weighted by Crippen LogP contribution is -2.29. The molecule has 0 aromatic heterocycles. The summed E-state index contributed by atoms with van der Waals surface area (Å²) in [4.78, 5) is 24.8. The van der Waals surface area contributed by atoms with E-state index in [2.05, 4.69) is 4.74 Å². The summed E-state index contributed by atoms with van der Waals surface area (Å²) in [6, 6.07) is 6.71. The molecule has 0 spiro atoms. The number of hydrogen-bond acceptors (Lipinski definition) is 4. The molecular weight excluding hydrogens is 264 g/mol. The summed E-state index contributed by atoms with van der Waals surface area (Å²) in [5.41, 5.74) is 6.71. The average Bonchev–Trinajstić information content (AvgIpc) is 2.43. The first-order chi connectivity index (χ1) is 8.95. The highest BCUT2D eigenvalue weighted by atomic mass is 32.1. The first-order valence-electron chi connectivity index (χ1n) is 5.68. The lowest BCUT2D eigenvalue weighted by Gasteiger charge is -2.16. The van der Waals surface area contributed by atoms with Crippen molar-refractivity contribution in [2.45, 2.75) is 6.42 Å². The zero-order valence-electron chi connectivity index (χ0n) is 10.9. The van der Waals surface area contributed by atoms with Crippen LogP contribution >= 0.6 is 12.2 Å². The largest absolute Gasteiger partial charge is 0.469 e. The first-order valence-corrected chi connectivity index (χ1v) is 6.08. The van der Waals surface area contributed by atoms with Crippen LogP contribution in [0.5, 0.6) is 0 Å². The average molecular weight is 280 g/mol. The fourth-order valence-electron chi connectivity index (χ4n) is 1.46. The van der Waals surface area contributed by atoms with Gasteiger partial charge >= 0.3 is 5.97 Å². The lowest BCUT2D eigenvalue weighted by atomic mass is 10.1. The quantitative estimate of drug-likeness (QED) is 0.642. The van der Waals surface area contributed by atoms with E-state index >= 15 is 0 Å². The Morgan fingerprint density at radius 1 is 1.26 bits per heavy atom. The number of methoxy groups -OCH3 is 1. The molecule has 0 saturated carbocycles. The Hall–Kier alpha value is -1.95. The number of benzene rings is 1. The first kappa shape index (κ1) is 15.1. The van der Waals surface area contributed by atoms with Gasteiger partial charge in [0, 0.05) is 24.7 Å². The highest BCUT2D eigenvalue weighted by Crippen LogP contribution is 2.07. The zero-order valence-corrected chi connectivity index (χ0v) is 11.7. The van der Waals surface area contributed by atoms with Crippen LogP contribution in [0.25, 0.3) is 0 Å². The van der Waals surface area contributed by atoms with Crippen molar-refractivity contribution in [1.29, 1.82) is 0 Å². The summed E-state index contributed by atoms with van der Waals surface area (Å²) in [6.07, 6.45) is 0.170. The van der Waals surface area contributed by atoms with Gasteiger partial charge in [-0.1, -0.05) is 24.4 Å². The van der Waals surface area contributed by atoms with Crippen LogP contribution in [0.3, 0.4) is 0 Å². The number of amides is 1. The Morgan fingerprint density at radius 2 is 1.79 bits per heavy atom. The van der Waals surface area contributed by atoms with E-state index in [0.717, 1.165) is 0 Å². The Balaban J connectivity index is 2.66. The minimum atomic E-state index is -0.344. The van der Waals surface area contributed by atoms with Crippen molar-refractivity contribution in [2.24, 2.45) is 5.73 Å². The van der Waals surface area contributed by atoms with Crippen LogP contribution < -0.4 is 5.73 Å². The van der Waals surface area contributed by atoms with Gasteiger partial charge in [-0.15, -0.1) is 0 Å². The molecule has 1 amide bonds. The normalized spacial score (nSPS) is 9.79. The third-order valence-corrected chi connectivity index (χ3v) is 2.88. The molecule has 0 aliphatic carbocycles. The fourth-order valence-corrected chi connectivity index (χ4v) is 1.60. The van der Waals surface area contributed by atoms with Crippen molar-refractivity contribution in [1.82, 2.24) is 4.90 Å². The minimum absolute atomic E-state index is 0.168. The van der Waals surface area contributed by atoms with Crippen molar-refractivity contribution < 1.29 is 14.3 Å². The molecular formula is C13H16N2O3S. The van der Waals surface area contributed by atoms with Crippen LogP contribution in [0.4, 0.5) is 0 Å². The molecule has 0 aliphatic heterocycles. The van der Waals surface area contributed by atoms with Gasteiger partial charge in [0.2, 0.25) is 0 Å². The van der Waals surface area contributed by atoms with Gasteiger partial charge in [-0.3, -0.25) is 9.59 Å². The molecule has 0 fully saturated rings. The van der Waals surface area contributed by atoms with Crippen LogP contribution in [0.15, 0.2) is 24.3 Å².